The molecule has 0 heterocycles. The predicted molar refractivity (Wildman–Crippen MR) is 80.0 cm³/mol. The highest BCUT2D eigenvalue weighted by Gasteiger charge is 2.22. The Bertz CT molecular complexity index is 502. The standard InChI is InChI=1S/C16H23NO4/c1-10(14(17)18)21-15(19)11(2)20-13-8-6-12(7-9-13)16(3,4)5/h6-11H,1-5H3,(H2,17,18)/t10-,11+/m0/s1. The van der Waals surface area contributed by atoms with Crippen molar-refractivity contribution in [2.75, 3.05) is 0 Å². The normalized spacial score (nSPS) is 14.1. The van der Waals surface area contributed by atoms with Crippen molar-refractivity contribution in [3.8, 4) is 5.75 Å². The molecule has 0 radical (unpaired) electrons. The van der Waals surface area contributed by atoms with Gasteiger partial charge in [0.15, 0.2) is 12.2 Å². The van der Waals surface area contributed by atoms with Gasteiger partial charge in [0.2, 0.25) is 0 Å². The maximum Gasteiger partial charge on any atom is 0.347 e. The third kappa shape index (κ3) is 5.10. The fraction of sp³-hybridized carbons (Fsp3) is 0.500. The van der Waals surface area contributed by atoms with Crippen LogP contribution in [0.2, 0.25) is 0 Å². The molecule has 0 spiro atoms. The second-order valence-corrected chi connectivity index (χ2v) is 6.02. The number of rotatable bonds is 5. The van der Waals surface area contributed by atoms with Gasteiger partial charge in [-0.3, -0.25) is 4.79 Å². The second-order valence-electron chi connectivity index (χ2n) is 6.02. The van der Waals surface area contributed by atoms with Gasteiger partial charge >= 0.3 is 5.97 Å². The molecule has 0 saturated heterocycles. The van der Waals surface area contributed by atoms with E-state index in [-0.39, 0.29) is 5.41 Å². The van der Waals surface area contributed by atoms with Crippen molar-refractivity contribution in [3.63, 3.8) is 0 Å². The number of hydrogen-bond acceptors (Lipinski definition) is 4. The van der Waals surface area contributed by atoms with E-state index in [4.69, 9.17) is 15.2 Å². The van der Waals surface area contributed by atoms with Gasteiger partial charge in [0.1, 0.15) is 5.75 Å². The van der Waals surface area contributed by atoms with Crippen molar-refractivity contribution in [3.05, 3.63) is 29.8 Å². The van der Waals surface area contributed by atoms with Crippen LogP contribution < -0.4 is 10.5 Å². The monoisotopic (exact) mass is 293 g/mol. The topological polar surface area (TPSA) is 78.6 Å². The Balaban J connectivity index is 2.64. The molecule has 0 aliphatic rings. The summed E-state index contributed by atoms with van der Waals surface area (Å²) in [6.45, 7) is 9.34. The van der Waals surface area contributed by atoms with Crippen LogP contribution in [0.5, 0.6) is 5.75 Å². The van der Waals surface area contributed by atoms with Gasteiger partial charge in [-0.1, -0.05) is 32.9 Å². The molecule has 116 valence electrons. The molecule has 2 atom stereocenters. The summed E-state index contributed by atoms with van der Waals surface area (Å²) in [4.78, 5) is 22.6. The minimum absolute atomic E-state index is 0.0556. The van der Waals surface area contributed by atoms with Crippen LogP contribution in [-0.2, 0) is 19.7 Å². The molecule has 0 fully saturated rings. The molecule has 0 aliphatic heterocycles. The lowest BCUT2D eigenvalue weighted by atomic mass is 9.87. The lowest BCUT2D eigenvalue weighted by molar-refractivity contribution is -0.159. The Kier molecular flexibility index (Phi) is 5.35. The van der Waals surface area contributed by atoms with E-state index >= 15 is 0 Å². The molecule has 5 heteroatoms. The van der Waals surface area contributed by atoms with Gasteiger partial charge in [0.25, 0.3) is 5.91 Å². The van der Waals surface area contributed by atoms with E-state index in [0.717, 1.165) is 0 Å². The van der Waals surface area contributed by atoms with Gasteiger partial charge in [-0.15, -0.1) is 0 Å². The van der Waals surface area contributed by atoms with Crippen LogP contribution in [0.4, 0.5) is 0 Å². The van der Waals surface area contributed by atoms with Gasteiger partial charge in [0.05, 0.1) is 0 Å². The molecule has 0 bridgehead atoms. The lowest BCUT2D eigenvalue weighted by Gasteiger charge is -2.20. The van der Waals surface area contributed by atoms with Gasteiger partial charge in [-0.05, 0) is 37.0 Å². The van der Waals surface area contributed by atoms with Crippen LogP contribution in [0, 0.1) is 0 Å². The number of benzene rings is 1. The van der Waals surface area contributed by atoms with E-state index in [1.165, 1.54) is 12.5 Å². The van der Waals surface area contributed by atoms with Crippen molar-refractivity contribution < 1.29 is 19.1 Å². The predicted octanol–water partition coefficient (Wildman–Crippen LogP) is 2.17. The molecular weight excluding hydrogens is 270 g/mol. The zero-order chi connectivity index (χ0) is 16.2. The van der Waals surface area contributed by atoms with Gasteiger partial charge < -0.3 is 15.2 Å². The van der Waals surface area contributed by atoms with Crippen LogP contribution in [0.3, 0.4) is 0 Å². The first-order valence-corrected chi connectivity index (χ1v) is 6.88. The maximum atomic E-state index is 11.7. The minimum Gasteiger partial charge on any atom is -0.479 e. The summed E-state index contributed by atoms with van der Waals surface area (Å²) in [7, 11) is 0. The molecule has 5 nitrogen and oxygen atoms in total. The highest BCUT2D eigenvalue weighted by Crippen LogP contribution is 2.24. The molecule has 1 aromatic rings. The van der Waals surface area contributed by atoms with Gasteiger partial charge in [-0.2, -0.15) is 0 Å². The molecule has 21 heavy (non-hydrogen) atoms. The van der Waals surface area contributed by atoms with Crippen LogP contribution in [0.25, 0.3) is 0 Å². The van der Waals surface area contributed by atoms with E-state index < -0.39 is 24.1 Å². The number of nitrogens with two attached hydrogens (primary N) is 1. The van der Waals surface area contributed by atoms with Crippen LogP contribution in [0.15, 0.2) is 24.3 Å². The Hall–Kier alpha value is -2.04. The molecule has 0 unspecified atom stereocenters. The Morgan fingerprint density at radius 3 is 2.00 bits per heavy atom. The summed E-state index contributed by atoms with van der Waals surface area (Å²) < 4.78 is 10.4. The number of primary amides is 1. The van der Waals surface area contributed by atoms with Crippen molar-refractivity contribution >= 4 is 11.9 Å². The summed E-state index contributed by atoms with van der Waals surface area (Å²) in [5.41, 5.74) is 6.27. The average molecular weight is 293 g/mol. The van der Waals surface area contributed by atoms with Crippen molar-refractivity contribution in [2.45, 2.75) is 52.2 Å². The average Bonchev–Trinajstić information content (AvgIpc) is 2.37. The second kappa shape index (κ2) is 6.61. The van der Waals surface area contributed by atoms with Gasteiger partial charge in [-0.25, -0.2) is 4.79 Å². The quantitative estimate of drug-likeness (QED) is 0.844. The molecular formula is C16H23NO4. The first-order valence-electron chi connectivity index (χ1n) is 6.88. The number of ether oxygens (including phenoxy) is 2. The molecule has 2 N–H and O–H groups in total. The number of amides is 1. The van der Waals surface area contributed by atoms with E-state index in [0.29, 0.717) is 5.75 Å². The summed E-state index contributed by atoms with van der Waals surface area (Å²) >= 11 is 0. The molecule has 0 aliphatic carbocycles. The van der Waals surface area contributed by atoms with E-state index in [2.05, 4.69) is 20.8 Å². The fourth-order valence-electron chi connectivity index (χ4n) is 1.61. The number of carbonyl (C=O) groups is 2. The fourth-order valence-corrected chi connectivity index (χ4v) is 1.61. The number of esters is 1. The summed E-state index contributed by atoms with van der Waals surface area (Å²) in [5.74, 6) is -0.745. The van der Waals surface area contributed by atoms with Crippen molar-refractivity contribution in [1.82, 2.24) is 0 Å². The molecule has 0 aromatic heterocycles. The Labute approximate surface area is 125 Å². The van der Waals surface area contributed by atoms with Crippen LogP contribution in [0.1, 0.15) is 40.2 Å². The minimum atomic E-state index is -0.966. The molecule has 1 rings (SSSR count). The molecule has 0 saturated carbocycles. The van der Waals surface area contributed by atoms with Crippen LogP contribution in [-0.4, -0.2) is 24.1 Å². The smallest absolute Gasteiger partial charge is 0.347 e. The maximum absolute atomic E-state index is 11.7. The van der Waals surface area contributed by atoms with E-state index in [1.54, 1.807) is 6.92 Å². The first-order chi connectivity index (χ1) is 9.61. The third-order valence-corrected chi connectivity index (χ3v) is 3.06. The summed E-state index contributed by atoms with van der Waals surface area (Å²) in [6.07, 6.45) is -1.78. The molecule has 1 amide bonds. The largest absolute Gasteiger partial charge is 0.479 e. The van der Waals surface area contributed by atoms with E-state index in [1.807, 2.05) is 24.3 Å². The summed E-state index contributed by atoms with van der Waals surface area (Å²) in [5, 5.41) is 0. The third-order valence-electron chi connectivity index (χ3n) is 3.06. The lowest BCUT2D eigenvalue weighted by Crippen LogP contribution is -2.35. The number of hydrogen-bond donors (Lipinski definition) is 1. The highest BCUT2D eigenvalue weighted by molar-refractivity contribution is 5.83. The first kappa shape index (κ1) is 17.0. The van der Waals surface area contributed by atoms with Gasteiger partial charge in [0, 0.05) is 0 Å². The Morgan fingerprint density at radius 2 is 1.57 bits per heavy atom. The SMILES string of the molecule is C[C@H](OC(=O)[C@@H](C)Oc1ccc(C(C)(C)C)cc1)C(N)=O. The van der Waals surface area contributed by atoms with Crippen molar-refractivity contribution in [1.29, 1.82) is 0 Å². The Morgan fingerprint density at radius 1 is 1.05 bits per heavy atom. The highest BCUT2D eigenvalue weighted by atomic mass is 16.6. The summed E-state index contributed by atoms with van der Waals surface area (Å²) in [6, 6.07) is 7.53. The molecule has 1 aromatic carbocycles. The zero-order valence-electron chi connectivity index (χ0n) is 13.2. The van der Waals surface area contributed by atoms with Crippen LogP contribution >= 0.6 is 0 Å². The van der Waals surface area contributed by atoms with Crippen molar-refractivity contribution in [2.24, 2.45) is 5.73 Å². The zero-order valence-corrected chi connectivity index (χ0v) is 13.2. The van der Waals surface area contributed by atoms with E-state index in [9.17, 15) is 9.59 Å². The number of carbonyl (C=O) groups excluding carboxylic acids is 2.